The van der Waals surface area contributed by atoms with Gasteiger partial charge in [0.1, 0.15) is 5.75 Å². The Morgan fingerprint density at radius 3 is 2.81 bits per heavy atom. The zero-order chi connectivity index (χ0) is 15.5. The van der Waals surface area contributed by atoms with E-state index in [9.17, 15) is 4.79 Å². The molecule has 1 aliphatic rings. The van der Waals surface area contributed by atoms with Gasteiger partial charge in [-0.3, -0.25) is 9.69 Å². The summed E-state index contributed by atoms with van der Waals surface area (Å²) in [6.45, 7) is 4.83. The molecule has 0 spiro atoms. The number of hydrogen-bond donors (Lipinski definition) is 0. The molecule has 2 unspecified atom stereocenters. The van der Waals surface area contributed by atoms with Gasteiger partial charge in [0.2, 0.25) is 0 Å². The molecule has 1 aromatic carbocycles. The van der Waals surface area contributed by atoms with E-state index in [0.717, 1.165) is 30.6 Å². The second-order valence-corrected chi connectivity index (χ2v) is 6.42. The van der Waals surface area contributed by atoms with Crippen molar-refractivity contribution in [1.82, 2.24) is 4.90 Å². The van der Waals surface area contributed by atoms with Gasteiger partial charge < -0.3 is 4.74 Å². The average molecular weight is 289 g/mol. The van der Waals surface area contributed by atoms with E-state index in [1.807, 2.05) is 45.3 Å². The summed E-state index contributed by atoms with van der Waals surface area (Å²) in [6, 6.07) is 7.62. The van der Waals surface area contributed by atoms with Crippen LogP contribution in [-0.4, -0.2) is 36.9 Å². The first kappa shape index (κ1) is 16.0. The van der Waals surface area contributed by atoms with Crippen molar-refractivity contribution in [1.29, 1.82) is 0 Å². The number of ketones is 1. The second-order valence-electron chi connectivity index (χ2n) is 6.42. The van der Waals surface area contributed by atoms with Gasteiger partial charge in [-0.1, -0.05) is 31.9 Å². The van der Waals surface area contributed by atoms with Crippen molar-refractivity contribution in [2.24, 2.45) is 5.92 Å². The van der Waals surface area contributed by atoms with Gasteiger partial charge in [-0.2, -0.15) is 0 Å². The highest BCUT2D eigenvalue weighted by Crippen LogP contribution is 2.38. The van der Waals surface area contributed by atoms with Crippen molar-refractivity contribution in [2.75, 3.05) is 20.7 Å². The number of benzene rings is 1. The van der Waals surface area contributed by atoms with Crippen molar-refractivity contribution in [3.63, 3.8) is 0 Å². The van der Waals surface area contributed by atoms with Gasteiger partial charge in [0.05, 0.1) is 12.1 Å². The minimum Gasteiger partial charge on any atom is -0.494 e. The quantitative estimate of drug-likeness (QED) is 0.773. The Balaban J connectivity index is 2.32. The SMILES string of the molecule is CCOc1cccc(C(=O)C2(N(C)C)CCCC(C)C2)c1. The minimum atomic E-state index is -0.359. The first-order valence-corrected chi connectivity index (χ1v) is 7.94. The van der Waals surface area contributed by atoms with Gasteiger partial charge in [-0.05, 0) is 51.9 Å². The zero-order valence-corrected chi connectivity index (χ0v) is 13.7. The molecule has 21 heavy (non-hydrogen) atoms. The van der Waals surface area contributed by atoms with E-state index in [2.05, 4.69) is 11.8 Å². The molecule has 2 rings (SSSR count). The molecule has 0 bridgehead atoms. The third kappa shape index (κ3) is 3.29. The Morgan fingerprint density at radius 1 is 1.43 bits per heavy atom. The fraction of sp³-hybridized carbons (Fsp3) is 0.611. The molecular weight excluding hydrogens is 262 g/mol. The highest BCUT2D eigenvalue weighted by Gasteiger charge is 2.43. The Kier molecular flexibility index (Phi) is 5.04. The average Bonchev–Trinajstić information content (AvgIpc) is 2.47. The minimum absolute atomic E-state index is 0.237. The molecule has 1 fully saturated rings. The van der Waals surface area contributed by atoms with E-state index in [1.165, 1.54) is 6.42 Å². The summed E-state index contributed by atoms with van der Waals surface area (Å²) in [6.07, 6.45) is 4.23. The van der Waals surface area contributed by atoms with Crippen LogP contribution in [0.1, 0.15) is 49.9 Å². The third-order valence-corrected chi connectivity index (χ3v) is 4.66. The highest BCUT2D eigenvalue weighted by atomic mass is 16.5. The van der Waals surface area contributed by atoms with E-state index in [-0.39, 0.29) is 11.3 Å². The number of likely N-dealkylation sites (N-methyl/N-ethyl adjacent to an activating group) is 1. The van der Waals surface area contributed by atoms with Crippen molar-refractivity contribution < 1.29 is 9.53 Å². The van der Waals surface area contributed by atoms with Gasteiger partial charge in [-0.15, -0.1) is 0 Å². The van der Waals surface area contributed by atoms with Crippen molar-refractivity contribution >= 4 is 5.78 Å². The summed E-state index contributed by atoms with van der Waals surface area (Å²) >= 11 is 0. The monoisotopic (exact) mass is 289 g/mol. The van der Waals surface area contributed by atoms with Crippen molar-refractivity contribution in [2.45, 2.75) is 45.1 Å². The van der Waals surface area contributed by atoms with Crippen LogP contribution < -0.4 is 4.74 Å². The Bertz CT molecular complexity index is 498. The molecule has 3 nitrogen and oxygen atoms in total. The van der Waals surface area contributed by atoms with Gasteiger partial charge in [0.15, 0.2) is 5.78 Å². The first-order valence-electron chi connectivity index (χ1n) is 7.94. The molecule has 0 saturated heterocycles. The lowest BCUT2D eigenvalue weighted by molar-refractivity contribution is 0.0486. The summed E-state index contributed by atoms with van der Waals surface area (Å²) in [5.74, 6) is 1.61. The van der Waals surface area contributed by atoms with E-state index in [4.69, 9.17) is 4.74 Å². The molecular formula is C18H27NO2. The third-order valence-electron chi connectivity index (χ3n) is 4.66. The summed E-state index contributed by atoms with van der Waals surface area (Å²) < 4.78 is 5.53. The Morgan fingerprint density at radius 2 is 2.19 bits per heavy atom. The van der Waals surface area contributed by atoms with Crippen LogP contribution in [0.2, 0.25) is 0 Å². The normalized spacial score (nSPS) is 25.9. The Labute approximate surface area is 128 Å². The van der Waals surface area contributed by atoms with Crippen molar-refractivity contribution in [3.05, 3.63) is 29.8 Å². The number of hydrogen-bond acceptors (Lipinski definition) is 3. The fourth-order valence-corrected chi connectivity index (χ4v) is 3.50. The molecule has 1 saturated carbocycles. The van der Waals surface area contributed by atoms with Crippen LogP contribution in [0.4, 0.5) is 0 Å². The van der Waals surface area contributed by atoms with E-state index in [0.29, 0.717) is 12.5 Å². The van der Waals surface area contributed by atoms with Crippen LogP contribution >= 0.6 is 0 Å². The van der Waals surface area contributed by atoms with Gasteiger partial charge in [0, 0.05) is 5.56 Å². The zero-order valence-electron chi connectivity index (χ0n) is 13.7. The van der Waals surface area contributed by atoms with Gasteiger partial charge >= 0.3 is 0 Å². The van der Waals surface area contributed by atoms with Crippen LogP contribution in [0.3, 0.4) is 0 Å². The molecule has 0 aliphatic heterocycles. The predicted molar refractivity (Wildman–Crippen MR) is 86.0 cm³/mol. The van der Waals surface area contributed by atoms with E-state index in [1.54, 1.807) is 0 Å². The molecule has 0 heterocycles. The predicted octanol–water partition coefficient (Wildman–Crippen LogP) is 3.78. The number of nitrogens with zero attached hydrogens (tertiary/aromatic N) is 1. The number of Topliss-reactive ketones (excluding diaryl/α,β-unsaturated/α-hetero) is 1. The molecule has 116 valence electrons. The van der Waals surface area contributed by atoms with Crippen LogP contribution in [0, 0.1) is 5.92 Å². The standard InChI is InChI=1S/C18H27NO2/c1-5-21-16-10-6-9-15(12-16)17(20)18(19(3)4)11-7-8-14(2)13-18/h6,9-10,12,14H,5,7-8,11,13H2,1-4H3. The molecule has 2 atom stereocenters. The van der Waals surface area contributed by atoms with E-state index >= 15 is 0 Å². The lowest BCUT2D eigenvalue weighted by Crippen LogP contribution is -2.53. The molecule has 1 aliphatic carbocycles. The first-order chi connectivity index (χ1) is 9.99. The largest absolute Gasteiger partial charge is 0.494 e. The summed E-state index contributed by atoms with van der Waals surface area (Å²) in [7, 11) is 4.06. The van der Waals surface area contributed by atoms with Gasteiger partial charge in [0.25, 0.3) is 0 Å². The second kappa shape index (κ2) is 6.61. The van der Waals surface area contributed by atoms with E-state index < -0.39 is 0 Å². The number of carbonyl (C=O) groups is 1. The molecule has 0 amide bonds. The molecule has 0 N–H and O–H groups in total. The Hall–Kier alpha value is -1.35. The summed E-state index contributed by atoms with van der Waals surface area (Å²) in [4.78, 5) is 15.3. The lowest BCUT2D eigenvalue weighted by atomic mass is 9.71. The number of rotatable bonds is 5. The maximum absolute atomic E-state index is 13.2. The maximum Gasteiger partial charge on any atom is 0.183 e. The highest BCUT2D eigenvalue weighted by molar-refractivity contribution is 6.03. The fourth-order valence-electron chi connectivity index (χ4n) is 3.50. The molecule has 0 radical (unpaired) electrons. The lowest BCUT2D eigenvalue weighted by Gasteiger charge is -2.43. The number of carbonyl (C=O) groups excluding carboxylic acids is 1. The molecule has 3 heteroatoms. The van der Waals surface area contributed by atoms with Crippen LogP contribution in [-0.2, 0) is 0 Å². The summed E-state index contributed by atoms with van der Waals surface area (Å²) in [5.41, 5.74) is 0.409. The topological polar surface area (TPSA) is 29.5 Å². The van der Waals surface area contributed by atoms with Gasteiger partial charge in [-0.25, -0.2) is 0 Å². The molecule has 1 aromatic rings. The smallest absolute Gasteiger partial charge is 0.183 e. The van der Waals surface area contributed by atoms with Crippen molar-refractivity contribution in [3.8, 4) is 5.75 Å². The van der Waals surface area contributed by atoms with Crippen LogP contribution in [0.15, 0.2) is 24.3 Å². The summed E-state index contributed by atoms with van der Waals surface area (Å²) in [5, 5.41) is 0. The maximum atomic E-state index is 13.2. The molecule has 0 aromatic heterocycles. The van der Waals surface area contributed by atoms with Crippen LogP contribution in [0.25, 0.3) is 0 Å². The van der Waals surface area contributed by atoms with Crippen LogP contribution in [0.5, 0.6) is 5.75 Å². The number of ether oxygens (including phenoxy) is 1.